The molecule has 2 N–H and O–H groups in total. The molecule has 0 fully saturated rings. The number of nitro groups is 1. The Bertz CT molecular complexity index is 1080. The largest absolute Gasteiger partial charge is 0.507 e. The maximum Gasteiger partial charge on any atom is 0.314 e. The predicted molar refractivity (Wildman–Crippen MR) is 101 cm³/mol. The molecule has 0 saturated heterocycles. The van der Waals surface area contributed by atoms with E-state index in [0.29, 0.717) is 16.8 Å². The van der Waals surface area contributed by atoms with E-state index in [0.717, 1.165) is 0 Å². The van der Waals surface area contributed by atoms with Crippen LogP contribution in [0.1, 0.15) is 12.7 Å². The maximum absolute atomic E-state index is 11.3. The second-order valence-corrected chi connectivity index (χ2v) is 5.83. The third-order valence-corrected chi connectivity index (χ3v) is 4.05. The van der Waals surface area contributed by atoms with Crippen LogP contribution in [0.4, 0.5) is 5.69 Å². The second-order valence-electron chi connectivity index (χ2n) is 5.83. The van der Waals surface area contributed by atoms with Crippen LogP contribution in [0.3, 0.4) is 0 Å². The van der Waals surface area contributed by atoms with E-state index in [2.05, 4.69) is 9.97 Å². The summed E-state index contributed by atoms with van der Waals surface area (Å²) < 4.78 is 10.5. The minimum atomic E-state index is -1.03. The maximum atomic E-state index is 11.3. The van der Waals surface area contributed by atoms with Crippen molar-refractivity contribution in [3.63, 3.8) is 0 Å². The predicted octanol–water partition coefficient (Wildman–Crippen LogP) is 3.74. The van der Waals surface area contributed by atoms with Gasteiger partial charge in [-0.2, -0.15) is 5.26 Å². The fourth-order valence-electron chi connectivity index (χ4n) is 2.62. The Morgan fingerprint density at radius 3 is 2.75 bits per heavy atom. The Balaban J connectivity index is 1.95. The van der Waals surface area contributed by atoms with E-state index < -0.39 is 16.8 Å². The van der Waals surface area contributed by atoms with Gasteiger partial charge in [0, 0.05) is 0 Å². The van der Waals surface area contributed by atoms with E-state index in [1.807, 2.05) is 12.1 Å². The van der Waals surface area contributed by atoms with Gasteiger partial charge >= 0.3 is 5.69 Å². The van der Waals surface area contributed by atoms with Gasteiger partial charge in [-0.1, -0.05) is 12.1 Å². The Hall–Kier alpha value is -4.06. The summed E-state index contributed by atoms with van der Waals surface area (Å²) in [5.41, 5.74) is 0.913. The summed E-state index contributed by atoms with van der Waals surface area (Å²) in [6.07, 6.45) is -1.03. The summed E-state index contributed by atoms with van der Waals surface area (Å²) in [5.74, 6) is 0.0192. The molecule has 1 atom stereocenters. The number of nitrogens with one attached hydrogen (secondary N) is 1. The summed E-state index contributed by atoms with van der Waals surface area (Å²) in [6, 6.07) is 13.2. The number of nitriles is 1. The zero-order valence-corrected chi connectivity index (χ0v) is 15.0. The molecule has 0 amide bonds. The number of imidazole rings is 1. The topological polar surface area (TPSA) is 134 Å². The molecule has 0 bridgehead atoms. The molecule has 3 rings (SSSR count). The van der Waals surface area contributed by atoms with Gasteiger partial charge in [-0.25, -0.2) is 4.98 Å². The Labute approximate surface area is 159 Å². The van der Waals surface area contributed by atoms with Crippen LogP contribution in [0, 0.1) is 21.4 Å². The molecule has 3 aromatic rings. The third-order valence-electron chi connectivity index (χ3n) is 4.05. The van der Waals surface area contributed by atoms with Crippen LogP contribution in [-0.4, -0.2) is 33.2 Å². The molecule has 9 heteroatoms. The van der Waals surface area contributed by atoms with Gasteiger partial charge < -0.3 is 19.6 Å². The summed E-state index contributed by atoms with van der Waals surface area (Å²) in [5, 5.41) is 31.3. The van der Waals surface area contributed by atoms with Crippen molar-refractivity contribution in [2.75, 3.05) is 7.11 Å². The first-order chi connectivity index (χ1) is 13.4. The number of H-pyrrole nitrogens is 1. The molecule has 0 unspecified atom stereocenters. The molecule has 1 aromatic heterocycles. The van der Waals surface area contributed by atoms with Gasteiger partial charge in [0.25, 0.3) is 0 Å². The second kappa shape index (κ2) is 7.67. The van der Waals surface area contributed by atoms with E-state index in [-0.39, 0.29) is 22.8 Å². The molecular weight excluding hydrogens is 364 g/mol. The van der Waals surface area contributed by atoms with E-state index in [4.69, 9.17) is 9.47 Å². The average molecular weight is 380 g/mol. The minimum absolute atomic E-state index is 0.0632. The van der Waals surface area contributed by atoms with Crippen LogP contribution in [-0.2, 0) is 0 Å². The number of benzene rings is 2. The molecule has 1 heterocycles. The number of allylic oxidation sites excluding steroid dienone is 1. The molecule has 28 heavy (non-hydrogen) atoms. The number of ether oxygens (including phenoxy) is 2. The molecular formula is C19H16N4O5. The van der Waals surface area contributed by atoms with E-state index in [1.54, 1.807) is 18.2 Å². The lowest BCUT2D eigenvalue weighted by Gasteiger charge is -2.15. The third kappa shape index (κ3) is 3.57. The number of rotatable bonds is 6. The monoisotopic (exact) mass is 380 g/mol. The van der Waals surface area contributed by atoms with Crippen molar-refractivity contribution in [3.8, 4) is 17.6 Å². The highest BCUT2D eigenvalue weighted by molar-refractivity contribution is 5.83. The first-order valence-corrected chi connectivity index (χ1v) is 8.22. The lowest BCUT2D eigenvalue weighted by molar-refractivity contribution is -0.386. The van der Waals surface area contributed by atoms with Crippen LogP contribution < -0.4 is 9.47 Å². The SMILES string of the molecule is COc1ccc(O[C@H](C)/C(O)=C(\C#N)c2nc3ccccc3[nH]2)c([N+](=O)[O-])c1. The van der Waals surface area contributed by atoms with Crippen molar-refractivity contribution in [1.29, 1.82) is 5.26 Å². The van der Waals surface area contributed by atoms with Crippen molar-refractivity contribution in [1.82, 2.24) is 9.97 Å². The minimum Gasteiger partial charge on any atom is -0.507 e. The first-order valence-electron chi connectivity index (χ1n) is 8.22. The summed E-state index contributed by atoms with van der Waals surface area (Å²) in [7, 11) is 1.39. The average Bonchev–Trinajstić information content (AvgIpc) is 3.12. The molecule has 9 nitrogen and oxygen atoms in total. The van der Waals surface area contributed by atoms with Crippen LogP contribution >= 0.6 is 0 Å². The van der Waals surface area contributed by atoms with Gasteiger partial charge in [-0.15, -0.1) is 0 Å². The van der Waals surface area contributed by atoms with E-state index in [1.165, 1.54) is 32.2 Å². The van der Waals surface area contributed by atoms with Crippen molar-refractivity contribution in [2.24, 2.45) is 0 Å². The molecule has 0 saturated carbocycles. The molecule has 2 aromatic carbocycles. The van der Waals surface area contributed by atoms with Crippen LogP contribution in [0.25, 0.3) is 16.6 Å². The number of para-hydroxylation sites is 2. The van der Waals surface area contributed by atoms with Gasteiger partial charge in [0.2, 0.25) is 0 Å². The van der Waals surface area contributed by atoms with Crippen molar-refractivity contribution < 1.29 is 19.5 Å². The van der Waals surface area contributed by atoms with Crippen molar-refractivity contribution >= 4 is 22.3 Å². The quantitative estimate of drug-likeness (QED) is 0.288. The first kappa shape index (κ1) is 18.7. The molecule has 0 spiro atoms. The zero-order chi connectivity index (χ0) is 20.3. The van der Waals surface area contributed by atoms with Gasteiger partial charge in [0.05, 0.1) is 29.1 Å². The zero-order valence-electron chi connectivity index (χ0n) is 15.0. The number of hydrogen-bond acceptors (Lipinski definition) is 7. The number of methoxy groups -OCH3 is 1. The lowest BCUT2D eigenvalue weighted by Crippen LogP contribution is -2.17. The van der Waals surface area contributed by atoms with Crippen molar-refractivity contribution in [2.45, 2.75) is 13.0 Å². The highest BCUT2D eigenvalue weighted by Crippen LogP contribution is 2.33. The Morgan fingerprint density at radius 1 is 1.36 bits per heavy atom. The van der Waals surface area contributed by atoms with E-state index >= 15 is 0 Å². The number of aromatic nitrogens is 2. The number of nitro benzene ring substituents is 1. The normalized spacial score (nSPS) is 12.8. The molecule has 0 radical (unpaired) electrons. The standard InChI is InChI=1S/C19H16N4O5/c1-11(28-17-8-7-12(27-2)9-16(17)23(25)26)18(24)13(10-20)19-21-14-5-3-4-6-15(14)22-19/h3-9,11,24H,1-2H3,(H,21,22)/b18-13-/t11-/m1/s1. The number of aliphatic hydroxyl groups is 1. The van der Waals surface area contributed by atoms with Gasteiger partial charge in [0.1, 0.15) is 17.4 Å². The number of aromatic amines is 1. The van der Waals surface area contributed by atoms with Crippen molar-refractivity contribution in [3.05, 3.63) is 64.2 Å². The highest BCUT2D eigenvalue weighted by Gasteiger charge is 2.23. The number of aliphatic hydroxyl groups excluding tert-OH is 1. The Morgan fingerprint density at radius 2 is 2.11 bits per heavy atom. The summed E-state index contributed by atoms with van der Waals surface area (Å²) in [6.45, 7) is 1.48. The molecule has 0 aliphatic carbocycles. The molecule has 142 valence electrons. The molecule has 0 aliphatic rings. The summed E-state index contributed by atoms with van der Waals surface area (Å²) in [4.78, 5) is 17.9. The lowest BCUT2D eigenvalue weighted by atomic mass is 10.1. The van der Waals surface area contributed by atoms with Gasteiger partial charge in [-0.05, 0) is 31.2 Å². The van der Waals surface area contributed by atoms with Crippen LogP contribution in [0.15, 0.2) is 48.2 Å². The number of hydrogen-bond donors (Lipinski definition) is 2. The number of fused-ring (bicyclic) bond motifs is 1. The fraction of sp³-hybridized carbons (Fsp3) is 0.158. The fourth-order valence-corrected chi connectivity index (χ4v) is 2.62. The van der Waals surface area contributed by atoms with Crippen LogP contribution in [0.2, 0.25) is 0 Å². The van der Waals surface area contributed by atoms with E-state index in [9.17, 15) is 20.5 Å². The summed E-state index contributed by atoms with van der Waals surface area (Å²) >= 11 is 0. The van der Waals surface area contributed by atoms with Gasteiger partial charge in [0.15, 0.2) is 23.4 Å². The Kier molecular flexibility index (Phi) is 5.13. The van der Waals surface area contributed by atoms with Gasteiger partial charge in [-0.3, -0.25) is 10.1 Å². The smallest absolute Gasteiger partial charge is 0.314 e. The van der Waals surface area contributed by atoms with Crippen LogP contribution in [0.5, 0.6) is 11.5 Å². The number of nitrogens with zero attached hydrogens (tertiary/aromatic N) is 3. The highest BCUT2D eigenvalue weighted by atomic mass is 16.6. The molecule has 0 aliphatic heterocycles.